The molecule has 1 saturated carbocycles. The summed E-state index contributed by atoms with van der Waals surface area (Å²) < 4.78 is 5.58. The van der Waals surface area contributed by atoms with Crippen LogP contribution in [-0.2, 0) is 4.74 Å². The summed E-state index contributed by atoms with van der Waals surface area (Å²) in [6.07, 6.45) is 4.29. The van der Waals surface area contributed by atoms with Gasteiger partial charge in [-0.05, 0) is 47.4 Å². The molecule has 2 N–H and O–H groups in total. The van der Waals surface area contributed by atoms with E-state index in [0.29, 0.717) is 19.1 Å². The number of ether oxygens (including phenoxy) is 1. The van der Waals surface area contributed by atoms with Gasteiger partial charge in [-0.3, -0.25) is 0 Å². The van der Waals surface area contributed by atoms with Gasteiger partial charge in [0.2, 0.25) is 0 Å². The lowest BCUT2D eigenvalue weighted by molar-refractivity contribution is 0.129. The maximum atomic E-state index is 12.2. The molecule has 2 aromatic rings. The normalized spacial score (nSPS) is 21.8. The zero-order chi connectivity index (χ0) is 18.6. The Morgan fingerprint density at radius 1 is 1.00 bits per heavy atom. The highest BCUT2D eigenvalue weighted by Crippen LogP contribution is 2.44. The average molecular weight is 365 g/mol. The van der Waals surface area contributed by atoms with Gasteiger partial charge >= 0.3 is 6.09 Å². The molecular formula is C23H27NO3. The van der Waals surface area contributed by atoms with Crippen LogP contribution in [0.15, 0.2) is 48.5 Å². The molecule has 2 aliphatic carbocycles. The third-order valence-electron chi connectivity index (χ3n) is 5.88. The van der Waals surface area contributed by atoms with Crippen molar-refractivity contribution in [1.29, 1.82) is 0 Å². The lowest BCUT2D eigenvalue weighted by atomic mass is 9.98. The van der Waals surface area contributed by atoms with Crippen molar-refractivity contribution < 1.29 is 14.6 Å². The van der Waals surface area contributed by atoms with Crippen LogP contribution in [0.4, 0.5) is 4.79 Å². The Kier molecular flexibility index (Phi) is 5.44. The van der Waals surface area contributed by atoms with Gasteiger partial charge in [0.15, 0.2) is 0 Å². The molecule has 0 aliphatic heterocycles. The van der Waals surface area contributed by atoms with Gasteiger partial charge in [0, 0.05) is 12.5 Å². The smallest absolute Gasteiger partial charge is 0.407 e. The second-order valence-electron chi connectivity index (χ2n) is 7.75. The largest absolute Gasteiger partial charge is 0.449 e. The Labute approximate surface area is 160 Å². The van der Waals surface area contributed by atoms with Crippen molar-refractivity contribution >= 4 is 6.09 Å². The molecule has 0 aromatic heterocycles. The fourth-order valence-electron chi connectivity index (χ4n) is 4.50. The van der Waals surface area contributed by atoms with Crippen molar-refractivity contribution in [1.82, 2.24) is 5.32 Å². The molecule has 0 bridgehead atoms. The summed E-state index contributed by atoms with van der Waals surface area (Å²) in [4.78, 5) is 12.2. The minimum atomic E-state index is -0.365. The zero-order valence-corrected chi connectivity index (χ0v) is 15.6. The molecule has 2 aliphatic rings. The van der Waals surface area contributed by atoms with E-state index in [4.69, 9.17) is 4.74 Å². The molecule has 4 heteroatoms. The summed E-state index contributed by atoms with van der Waals surface area (Å²) in [7, 11) is 0. The number of hydrogen-bond acceptors (Lipinski definition) is 3. The third kappa shape index (κ3) is 4.01. The molecule has 4 nitrogen and oxygen atoms in total. The van der Waals surface area contributed by atoms with Crippen LogP contribution >= 0.6 is 0 Å². The lowest BCUT2D eigenvalue weighted by Crippen LogP contribution is -2.31. The Morgan fingerprint density at radius 3 is 2.33 bits per heavy atom. The SMILES string of the molecule is O=C(NCC1CCCCC(O)C1)OCC1c2ccccc2-c2ccccc21. The van der Waals surface area contributed by atoms with Crippen LogP contribution in [0.2, 0.25) is 0 Å². The highest BCUT2D eigenvalue weighted by Gasteiger charge is 2.29. The predicted octanol–water partition coefficient (Wildman–Crippen LogP) is 4.47. The quantitative estimate of drug-likeness (QED) is 0.786. The van der Waals surface area contributed by atoms with Gasteiger partial charge < -0.3 is 15.2 Å². The maximum absolute atomic E-state index is 12.2. The van der Waals surface area contributed by atoms with Gasteiger partial charge in [-0.25, -0.2) is 4.79 Å². The molecule has 2 atom stereocenters. The van der Waals surface area contributed by atoms with E-state index in [1.807, 2.05) is 24.3 Å². The number of benzene rings is 2. The molecule has 142 valence electrons. The summed E-state index contributed by atoms with van der Waals surface area (Å²) in [5.74, 6) is 0.422. The molecule has 1 fully saturated rings. The molecule has 0 spiro atoms. The van der Waals surface area contributed by atoms with Crippen molar-refractivity contribution in [2.24, 2.45) is 5.92 Å². The van der Waals surface area contributed by atoms with Crippen LogP contribution in [0.5, 0.6) is 0 Å². The summed E-state index contributed by atoms with van der Waals surface area (Å²) >= 11 is 0. The summed E-state index contributed by atoms with van der Waals surface area (Å²) in [6, 6.07) is 16.7. The minimum Gasteiger partial charge on any atom is -0.449 e. The predicted molar refractivity (Wildman–Crippen MR) is 106 cm³/mol. The molecule has 27 heavy (non-hydrogen) atoms. The Hall–Kier alpha value is -2.33. The molecule has 2 aromatic carbocycles. The maximum Gasteiger partial charge on any atom is 0.407 e. The van der Waals surface area contributed by atoms with E-state index in [2.05, 4.69) is 29.6 Å². The van der Waals surface area contributed by atoms with Crippen LogP contribution < -0.4 is 5.32 Å². The van der Waals surface area contributed by atoms with Crippen LogP contribution in [0.25, 0.3) is 11.1 Å². The average Bonchev–Trinajstić information content (AvgIpc) is 2.85. The monoisotopic (exact) mass is 365 g/mol. The molecule has 0 heterocycles. The van der Waals surface area contributed by atoms with E-state index < -0.39 is 0 Å². The van der Waals surface area contributed by atoms with Gasteiger partial charge in [0.25, 0.3) is 0 Å². The molecule has 0 saturated heterocycles. The Morgan fingerprint density at radius 2 is 1.63 bits per heavy atom. The number of alkyl carbamates (subject to hydrolysis) is 1. The number of aliphatic hydroxyl groups excluding tert-OH is 1. The van der Waals surface area contributed by atoms with Gasteiger partial charge in [0.05, 0.1) is 6.10 Å². The van der Waals surface area contributed by atoms with Crippen molar-refractivity contribution in [3.63, 3.8) is 0 Å². The molecule has 0 radical (unpaired) electrons. The van der Waals surface area contributed by atoms with Crippen LogP contribution in [0, 0.1) is 5.92 Å². The van der Waals surface area contributed by atoms with E-state index in [9.17, 15) is 9.90 Å². The number of fused-ring (bicyclic) bond motifs is 3. The van der Waals surface area contributed by atoms with Gasteiger partial charge in [0.1, 0.15) is 6.61 Å². The van der Waals surface area contributed by atoms with E-state index in [1.54, 1.807) is 0 Å². The molecule has 2 unspecified atom stereocenters. The molecule has 1 amide bonds. The van der Waals surface area contributed by atoms with Gasteiger partial charge in [-0.15, -0.1) is 0 Å². The minimum absolute atomic E-state index is 0.0860. The standard InChI is InChI=1S/C23H27NO3/c25-17-8-2-1-7-16(13-17)14-24-23(26)27-15-22-20-11-5-3-9-18(20)19-10-4-6-12-21(19)22/h3-6,9-12,16-17,22,25H,1-2,7-8,13-15H2,(H,24,26). The van der Waals surface area contributed by atoms with Gasteiger partial charge in [-0.1, -0.05) is 61.4 Å². The third-order valence-corrected chi connectivity index (χ3v) is 5.88. The van der Waals surface area contributed by atoms with Crippen LogP contribution in [0.3, 0.4) is 0 Å². The number of amides is 1. The first-order valence-electron chi connectivity index (χ1n) is 9.99. The number of nitrogens with one attached hydrogen (secondary N) is 1. The number of aliphatic hydroxyl groups is 1. The summed E-state index contributed by atoms with van der Waals surface area (Å²) in [5.41, 5.74) is 4.90. The zero-order valence-electron chi connectivity index (χ0n) is 15.6. The van der Waals surface area contributed by atoms with Crippen LogP contribution in [-0.4, -0.2) is 30.5 Å². The van der Waals surface area contributed by atoms with Crippen molar-refractivity contribution in [2.75, 3.05) is 13.2 Å². The molecular weight excluding hydrogens is 338 g/mol. The molecule has 4 rings (SSSR count). The second kappa shape index (κ2) is 8.13. The van der Waals surface area contributed by atoms with Crippen molar-refractivity contribution in [2.45, 2.75) is 44.1 Å². The fourth-order valence-corrected chi connectivity index (χ4v) is 4.50. The first-order valence-corrected chi connectivity index (χ1v) is 9.99. The van der Waals surface area contributed by atoms with Crippen molar-refractivity contribution in [3.8, 4) is 11.1 Å². The lowest BCUT2D eigenvalue weighted by Gasteiger charge is -2.18. The van der Waals surface area contributed by atoms with Crippen LogP contribution in [0.1, 0.15) is 49.1 Å². The fraction of sp³-hybridized carbons (Fsp3) is 0.435. The number of carbonyl (C=O) groups excluding carboxylic acids is 1. The first kappa shape index (κ1) is 18.1. The Bertz CT molecular complexity index is 758. The topological polar surface area (TPSA) is 58.6 Å². The summed E-state index contributed by atoms with van der Waals surface area (Å²) in [6.45, 7) is 0.918. The highest BCUT2D eigenvalue weighted by atomic mass is 16.5. The van der Waals surface area contributed by atoms with E-state index in [0.717, 1.165) is 32.1 Å². The highest BCUT2D eigenvalue weighted by molar-refractivity contribution is 5.79. The van der Waals surface area contributed by atoms with E-state index >= 15 is 0 Å². The number of hydrogen-bond donors (Lipinski definition) is 2. The Balaban J connectivity index is 1.35. The number of carbonyl (C=O) groups is 1. The summed E-state index contributed by atoms with van der Waals surface area (Å²) in [5, 5.41) is 12.8. The second-order valence-corrected chi connectivity index (χ2v) is 7.75. The van der Waals surface area contributed by atoms with E-state index in [-0.39, 0.29) is 18.1 Å². The van der Waals surface area contributed by atoms with Gasteiger partial charge in [-0.2, -0.15) is 0 Å². The first-order chi connectivity index (χ1) is 13.2. The van der Waals surface area contributed by atoms with Crippen molar-refractivity contribution in [3.05, 3.63) is 59.7 Å². The number of rotatable bonds is 4. The van der Waals surface area contributed by atoms with E-state index in [1.165, 1.54) is 22.3 Å².